The fourth-order valence-corrected chi connectivity index (χ4v) is 2.87. The van der Waals surface area contributed by atoms with Crippen LogP contribution < -0.4 is 5.32 Å². The zero-order chi connectivity index (χ0) is 11.3. The topological polar surface area (TPSA) is 32.3 Å². The van der Waals surface area contributed by atoms with Gasteiger partial charge < -0.3 is 10.4 Å². The number of nitrogens with one attached hydrogen (secondary N) is 1. The molecule has 0 bridgehead atoms. The van der Waals surface area contributed by atoms with E-state index in [1.165, 1.54) is 25.7 Å². The molecule has 0 aliphatic heterocycles. The van der Waals surface area contributed by atoms with Crippen LogP contribution >= 0.6 is 0 Å². The fraction of sp³-hybridized carbons (Fsp3) is 1.00. The third-order valence-corrected chi connectivity index (χ3v) is 3.83. The minimum atomic E-state index is -0.0727. The molecule has 1 saturated carbocycles. The number of aliphatic hydroxyl groups is 1. The van der Waals surface area contributed by atoms with E-state index in [-0.39, 0.29) is 12.1 Å². The highest BCUT2D eigenvalue weighted by molar-refractivity contribution is 4.88. The van der Waals surface area contributed by atoms with Gasteiger partial charge in [-0.3, -0.25) is 0 Å². The maximum Gasteiger partial charge on any atom is 0.0610 e. The first-order valence-corrected chi connectivity index (χ1v) is 6.50. The number of rotatable bonds is 6. The van der Waals surface area contributed by atoms with Crippen molar-refractivity contribution in [2.75, 3.05) is 6.61 Å². The van der Waals surface area contributed by atoms with Gasteiger partial charge in [0.25, 0.3) is 0 Å². The molecule has 1 fully saturated rings. The molecule has 0 heterocycles. The first-order chi connectivity index (χ1) is 7.11. The van der Waals surface area contributed by atoms with Gasteiger partial charge in [0.1, 0.15) is 0 Å². The molecule has 2 N–H and O–H groups in total. The molecule has 0 saturated heterocycles. The van der Waals surface area contributed by atoms with Crippen molar-refractivity contribution in [1.82, 2.24) is 5.32 Å². The van der Waals surface area contributed by atoms with Crippen molar-refractivity contribution >= 4 is 0 Å². The molecule has 15 heavy (non-hydrogen) atoms. The summed E-state index contributed by atoms with van der Waals surface area (Å²) >= 11 is 0. The van der Waals surface area contributed by atoms with E-state index in [1.54, 1.807) is 0 Å². The molecule has 0 amide bonds. The first kappa shape index (κ1) is 13.0. The van der Waals surface area contributed by atoms with E-state index in [0.29, 0.717) is 6.04 Å². The maximum absolute atomic E-state index is 9.45. The lowest BCUT2D eigenvalue weighted by Crippen LogP contribution is -2.51. The highest BCUT2D eigenvalue weighted by Gasteiger charge is 2.28. The zero-order valence-electron chi connectivity index (χ0n) is 10.6. The lowest BCUT2D eigenvalue weighted by Gasteiger charge is -2.34. The molecule has 0 radical (unpaired) electrons. The molecule has 0 spiro atoms. The quantitative estimate of drug-likeness (QED) is 0.711. The molecule has 2 nitrogen and oxygen atoms in total. The Kier molecular flexibility index (Phi) is 5.07. The van der Waals surface area contributed by atoms with E-state index in [1.807, 2.05) is 0 Å². The van der Waals surface area contributed by atoms with E-state index in [2.05, 4.69) is 26.1 Å². The Morgan fingerprint density at radius 1 is 1.40 bits per heavy atom. The van der Waals surface area contributed by atoms with E-state index in [4.69, 9.17) is 0 Å². The predicted molar refractivity (Wildman–Crippen MR) is 65.0 cm³/mol. The van der Waals surface area contributed by atoms with Crippen molar-refractivity contribution < 1.29 is 5.11 Å². The summed E-state index contributed by atoms with van der Waals surface area (Å²) in [7, 11) is 0. The van der Waals surface area contributed by atoms with E-state index in [0.717, 1.165) is 18.8 Å². The van der Waals surface area contributed by atoms with Gasteiger partial charge in [0.05, 0.1) is 6.61 Å². The largest absolute Gasteiger partial charge is 0.394 e. The molecule has 0 aromatic heterocycles. The van der Waals surface area contributed by atoms with Gasteiger partial charge in [0.2, 0.25) is 0 Å². The third kappa shape index (κ3) is 3.76. The van der Waals surface area contributed by atoms with Crippen LogP contribution in [-0.4, -0.2) is 23.3 Å². The molecule has 2 heteroatoms. The maximum atomic E-state index is 9.45. The van der Waals surface area contributed by atoms with Gasteiger partial charge in [-0.15, -0.1) is 0 Å². The molecule has 1 aliphatic rings. The number of hydrogen-bond acceptors (Lipinski definition) is 2. The van der Waals surface area contributed by atoms with Crippen LogP contribution in [0.5, 0.6) is 0 Å². The van der Waals surface area contributed by atoms with Gasteiger partial charge >= 0.3 is 0 Å². The normalized spacial score (nSPS) is 24.0. The van der Waals surface area contributed by atoms with Crippen LogP contribution in [0, 0.1) is 5.92 Å². The van der Waals surface area contributed by atoms with Crippen molar-refractivity contribution in [2.24, 2.45) is 5.92 Å². The predicted octanol–water partition coefficient (Wildman–Crippen LogP) is 2.71. The Morgan fingerprint density at radius 2 is 2.00 bits per heavy atom. The van der Waals surface area contributed by atoms with Crippen LogP contribution in [0.15, 0.2) is 0 Å². The molecule has 2 unspecified atom stereocenters. The summed E-state index contributed by atoms with van der Waals surface area (Å²) in [5, 5.41) is 13.1. The molecule has 0 aromatic carbocycles. The summed E-state index contributed by atoms with van der Waals surface area (Å²) in [5.74, 6) is 0.827. The highest BCUT2D eigenvalue weighted by Crippen LogP contribution is 2.28. The van der Waals surface area contributed by atoms with Crippen molar-refractivity contribution in [3.05, 3.63) is 0 Å². The lowest BCUT2D eigenvalue weighted by atomic mass is 9.92. The van der Waals surface area contributed by atoms with E-state index < -0.39 is 0 Å². The summed E-state index contributed by atoms with van der Waals surface area (Å²) in [4.78, 5) is 0. The van der Waals surface area contributed by atoms with Crippen molar-refractivity contribution in [3.8, 4) is 0 Å². The van der Waals surface area contributed by atoms with Gasteiger partial charge in [0, 0.05) is 11.6 Å². The second-order valence-electron chi connectivity index (χ2n) is 5.45. The van der Waals surface area contributed by atoms with Gasteiger partial charge in [0.15, 0.2) is 0 Å². The van der Waals surface area contributed by atoms with E-state index >= 15 is 0 Å². The molecular formula is C13H27NO. The Hall–Kier alpha value is -0.0800. The molecule has 0 aromatic rings. The Bertz CT molecular complexity index is 177. The number of hydrogen-bond donors (Lipinski definition) is 2. The molecule has 1 aliphatic carbocycles. The lowest BCUT2D eigenvalue weighted by molar-refractivity contribution is 0.141. The second kappa shape index (κ2) is 5.86. The Morgan fingerprint density at radius 3 is 2.47 bits per heavy atom. The zero-order valence-corrected chi connectivity index (χ0v) is 10.6. The van der Waals surface area contributed by atoms with Crippen LogP contribution in [0.3, 0.4) is 0 Å². The minimum Gasteiger partial charge on any atom is -0.394 e. The average Bonchev–Trinajstić information content (AvgIpc) is 2.71. The summed E-state index contributed by atoms with van der Waals surface area (Å²) in [5.41, 5.74) is -0.0727. The van der Waals surface area contributed by atoms with Crippen LogP contribution in [-0.2, 0) is 0 Å². The van der Waals surface area contributed by atoms with Gasteiger partial charge in [-0.1, -0.05) is 26.2 Å². The highest BCUT2D eigenvalue weighted by atomic mass is 16.3. The van der Waals surface area contributed by atoms with Crippen LogP contribution in [0.25, 0.3) is 0 Å². The van der Waals surface area contributed by atoms with Crippen molar-refractivity contribution in [1.29, 1.82) is 0 Å². The summed E-state index contributed by atoms with van der Waals surface area (Å²) < 4.78 is 0. The number of aliphatic hydroxyl groups excluding tert-OH is 1. The molecule has 90 valence electrons. The standard InChI is InChI=1S/C13H27NO/c1-4-9-13(3,10-15)14-11(2)12-7-5-6-8-12/h11-12,14-15H,4-10H2,1-3H3. The average molecular weight is 213 g/mol. The van der Waals surface area contributed by atoms with E-state index in [9.17, 15) is 5.11 Å². The Balaban J connectivity index is 2.42. The van der Waals surface area contributed by atoms with Gasteiger partial charge in [-0.2, -0.15) is 0 Å². The molecule has 2 atom stereocenters. The minimum absolute atomic E-state index is 0.0727. The summed E-state index contributed by atoms with van der Waals surface area (Å²) in [6.45, 7) is 6.84. The third-order valence-electron chi connectivity index (χ3n) is 3.83. The fourth-order valence-electron chi connectivity index (χ4n) is 2.87. The smallest absolute Gasteiger partial charge is 0.0610 e. The van der Waals surface area contributed by atoms with Crippen LogP contribution in [0.4, 0.5) is 0 Å². The molecule has 1 rings (SSSR count). The first-order valence-electron chi connectivity index (χ1n) is 6.50. The van der Waals surface area contributed by atoms with Gasteiger partial charge in [-0.05, 0) is 39.0 Å². The molecular weight excluding hydrogens is 186 g/mol. The monoisotopic (exact) mass is 213 g/mol. The van der Waals surface area contributed by atoms with Crippen molar-refractivity contribution in [3.63, 3.8) is 0 Å². The summed E-state index contributed by atoms with van der Waals surface area (Å²) in [6.07, 6.45) is 7.69. The Labute approximate surface area is 94.5 Å². The SMILES string of the molecule is CCCC(C)(CO)NC(C)C1CCCC1. The van der Waals surface area contributed by atoms with Crippen LogP contribution in [0.1, 0.15) is 59.3 Å². The van der Waals surface area contributed by atoms with Gasteiger partial charge in [-0.25, -0.2) is 0 Å². The van der Waals surface area contributed by atoms with Crippen LogP contribution in [0.2, 0.25) is 0 Å². The van der Waals surface area contributed by atoms with Crippen molar-refractivity contribution in [2.45, 2.75) is 70.9 Å². The summed E-state index contributed by atoms with van der Waals surface area (Å²) in [6, 6.07) is 0.552. The second-order valence-corrected chi connectivity index (χ2v) is 5.45.